The molecule has 0 spiro atoms. The molecule has 0 saturated heterocycles. The third kappa shape index (κ3) is 7.08. The van der Waals surface area contributed by atoms with Gasteiger partial charge < -0.3 is 20.7 Å². The molecule has 0 unspecified atom stereocenters. The van der Waals surface area contributed by atoms with Crippen molar-refractivity contribution in [3.8, 4) is 0 Å². The number of halogens is 1. The molecule has 0 bridgehead atoms. The monoisotopic (exact) mass is 460 g/mol. The molecule has 4 nitrogen and oxygen atoms in total. The summed E-state index contributed by atoms with van der Waals surface area (Å²) in [6.07, 6.45) is 0. The van der Waals surface area contributed by atoms with Crippen LogP contribution in [0.4, 0.5) is 22.7 Å². The molecular formula is C24H22BBrN2O2. The second-order valence-electron chi connectivity index (χ2n) is 6.49. The average molecular weight is 461 g/mol. The van der Waals surface area contributed by atoms with Crippen LogP contribution in [0.2, 0.25) is 0 Å². The minimum Gasteiger partial charge on any atom is -0.423 e. The number of anilines is 4. The quantitative estimate of drug-likeness (QED) is 0.305. The van der Waals surface area contributed by atoms with Crippen molar-refractivity contribution in [1.29, 1.82) is 0 Å². The molecule has 4 aromatic rings. The Morgan fingerprint density at radius 1 is 0.533 bits per heavy atom. The van der Waals surface area contributed by atoms with Crippen LogP contribution in [0.1, 0.15) is 0 Å². The van der Waals surface area contributed by atoms with Crippen LogP contribution in [0.5, 0.6) is 0 Å². The predicted molar refractivity (Wildman–Crippen MR) is 130 cm³/mol. The van der Waals surface area contributed by atoms with Crippen LogP contribution >= 0.6 is 15.9 Å². The Morgan fingerprint density at radius 2 is 1.00 bits per heavy atom. The van der Waals surface area contributed by atoms with E-state index in [1.54, 1.807) is 18.2 Å². The zero-order chi connectivity index (χ0) is 21.2. The summed E-state index contributed by atoms with van der Waals surface area (Å²) >= 11 is 3.44. The van der Waals surface area contributed by atoms with Crippen LogP contribution < -0.4 is 16.1 Å². The normalized spacial score (nSPS) is 9.83. The molecule has 0 atom stereocenters. The van der Waals surface area contributed by atoms with Crippen LogP contribution in [0.15, 0.2) is 114 Å². The maximum Gasteiger partial charge on any atom is 0.488 e. The zero-order valence-corrected chi connectivity index (χ0v) is 17.8. The van der Waals surface area contributed by atoms with Gasteiger partial charge >= 0.3 is 7.12 Å². The lowest BCUT2D eigenvalue weighted by atomic mass is 9.80. The van der Waals surface area contributed by atoms with Gasteiger partial charge in [0.25, 0.3) is 0 Å². The molecule has 0 aromatic heterocycles. The van der Waals surface area contributed by atoms with E-state index in [2.05, 4.69) is 26.6 Å². The fourth-order valence-electron chi connectivity index (χ4n) is 2.72. The average Bonchev–Trinajstić information content (AvgIpc) is 2.76. The van der Waals surface area contributed by atoms with Gasteiger partial charge in [-0.3, -0.25) is 0 Å². The van der Waals surface area contributed by atoms with E-state index in [9.17, 15) is 0 Å². The predicted octanol–water partition coefficient (Wildman–Crippen LogP) is 5.30. The van der Waals surface area contributed by atoms with Crippen molar-refractivity contribution in [2.45, 2.75) is 0 Å². The van der Waals surface area contributed by atoms with Crippen molar-refractivity contribution in [3.63, 3.8) is 0 Å². The first kappa shape index (κ1) is 21.6. The molecule has 4 aromatic carbocycles. The number of benzene rings is 4. The Kier molecular flexibility index (Phi) is 8.09. The Morgan fingerprint density at radius 3 is 1.50 bits per heavy atom. The molecular weight excluding hydrogens is 439 g/mol. The van der Waals surface area contributed by atoms with Crippen molar-refractivity contribution in [3.05, 3.63) is 114 Å². The topological polar surface area (TPSA) is 64.5 Å². The van der Waals surface area contributed by atoms with Crippen LogP contribution in [0, 0.1) is 0 Å². The van der Waals surface area contributed by atoms with E-state index in [1.807, 2.05) is 91.0 Å². The molecule has 0 radical (unpaired) electrons. The maximum absolute atomic E-state index is 9.04. The van der Waals surface area contributed by atoms with Gasteiger partial charge in [0.2, 0.25) is 0 Å². The van der Waals surface area contributed by atoms with E-state index in [0.29, 0.717) is 5.46 Å². The molecule has 0 amide bonds. The van der Waals surface area contributed by atoms with Crippen molar-refractivity contribution in [2.24, 2.45) is 0 Å². The standard InChI is InChI=1S/C12H12BNO2.C12H10BrN/c15-13(16)10-5-4-8-12(9-10)14-11-6-2-1-3-7-11;13-10-5-4-8-12(9-10)14-11-6-2-1-3-7-11/h1-9,14-16H;1-9,14H. The second kappa shape index (κ2) is 11.2. The van der Waals surface area contributed by atoms with Gasteiger partial charge in [0.15, 0.2) is 0 Å². The van der Waals surface area contributed by atoms with E-state index in [4.69, 9.17) is 10.0 Å². The van der Waals surface area contributed by atoms with Gasteiger partial charge in [-0.15, -0.1) is 0 Å². The highest BCUT2D eigenvalue weighted by molar-refractivity contribution is 9.10. The first-order valence-corrected chi connectivity index (χ1v) is 10.3. The molecule has 0 saturated carbocycles. The molecule has 4 rings (SSSR count). The molecule has 0 heterocycles. The van der Waals surface area contributed by atoms with Crippen LogP contribution in [0.25, 0.3) is 0 Å². The summed E-state index contributed by atoms with van der Waals surface area (Å²) in [5.41, 5.74) is 4.46. The minimum atomic E-state index is -1.43. The SMILES string of the molecule is Brc1cccc(Nc2ccccc2)c1.OB(O)c1cccc(Nc2ccccc2)c1. The second-order valence-corrected chi connectivity index (χ2v) is 7.41. The zero-order valence-electron chi connectivity index (χ0n) is 16.2. The first-order chi connectivity index (χ1) is 14.6. The van der Waals surface area contributed by atoms with Gasteiger partial charge in [0.05, 0.1) is 0 Å². The fraction of sp³-hybridized carbons (Fsp3) is 0. The Hall–Kier alpha value is -3.06. The van der Waals surface area contributed by atoms with Gasteiger partial charge in [-0.2, -0.15) is 0 Å². The highest BCUT2D eigenvalue weighted by atomic mass is 79.9. The van der Waals surface area contributed by atoms with Crippen LogP contribution in [-0.2, 0) is 0 Å². The summed E-state index contributed by atoms with van der Waals surface area (Å²) < 4.78 is 1.08. The third-order valence-electron chi connectivity index (χ3n) is 4.13. The van der Waals surface area contributed by atoms with E-state index in [0.717, 1.165) is 27.2 Å². The molecule has 6 heteroatoms. The Labute approximate surface area is 185 Å². The minimum absolute atomic E-state index is 0.473. The van der Waals surface area contributed by atoms with Gasteiger partial charge in [0.1, 0.15) is 0 Å². The summed E-state index contributed by atoms with van der Waals surface area (Å²) in [6, 6.07) is 35.0. The Bertz CT molecular complexity index is 1050. The maximum atomic E-state index is 9.04. The highest BCUT2D eigenvalue weighted by Gasteiger charge is 2.10. The van der Waals surface area contributed by atoms with Crippen LogP contribution in [-0.4, -0.2) is 17.2 Å². The molecule has 30 heavy (non-hydrogen) atoms. The van der Waals surface area contributed by atoms with Gasteiger partial charge in [-0.1, -0.05) is 70.5 Å². The molecule has 0 aliphatic rings. The first-order valence-electron chi connectivity index (χ1n) is 9.46. The van der Waals surface area contributed by atoms with E-state index in [1.165, 1.54) is 0 Å². The van der Waals surface area contributed by atoms with E-state index >= 15 is 0 Å². The van der Waals surface area contributed by atoms with Gasteiger partial charge in [-0.05, 0) is 60.1 Å². The van der Waals surface area contributed by atoms with E-state index in [-0.39, 0.29) is 0 Å². The van der Waals surface area contributed by atoms with Crippen molar-refractivity contribution >= 4 is 51.3 Å². The van der Waals surface area contributed by atoms with Crippen molar-refractivity contribution in [1.82, 2.24) is 0 Å². The van der Waals surface area contributed by atoms with Crippen molar-refractivity contribution < 1.29 is 10.0 Å². The summed E-state index contributed by atoms with van der Waals surface area (Å²) in [4.78, 5) is 0. The summed E-state index contributed by atoms with van der Waals surface area (Å²) in [6.45, 7) is 0. The summed E-state index contributed by atoms with van der Waals surface area (Å²) in [5.74, 6) is 0. The molecule has 4 N–H and O–H groups in total. The lowest BCUT2D eigenvalue weighted by Gasteiger charge is -2.07. The van der Waals surface area contributed by atoms with Gasteiger partial charge in [0, 0.05) is 27.2 Å². The summed E-state index contributed by atoms with van der Waals surface area (Å²) in [7, 11) is -1.43. The number of hydrogen-bond donors (Lipinski definition) is 4. The molecule has 150 valence electrons. The lowest BCUT2D eigenvalue weighted by Crippen LogP contribution is -2.29. The molecule has 0 aliphatic carbocycles. The summed E-state index contributed by atoms with van der Waals surface area (Å²) in [5, 5.41) is 24.6. The largest absolute Gasteiger partial charge is 0.488 e. The third-order valence-corrected chi connectivity index (χ3v) is 4.63. The number of hydrogen-bond acceptors (Lipinski definition) is 4. The molecule has 0 aliphatic heterocycles. The number of para-hydroxylation sites is 2. The number of rotatable bonds is 5. The van der Waals surface area contributed by atoms with Gasteiger partial charge in [-0.25, -0.2) is 0 Å². The Balaban J connectivity index is 0.000000172. The lowest BCUT2D eigenvalue weighted by molar-refractivity contribution is 0.426. The fourth-order valence-corrected chi connectivity index (χ4v) is 3.12. The number of nitrogens with one attached hydrogen (secondary N) is 2. The highest BCUT2D eigenvalue weighted by Crippen LogP contribution is 2.20. The van der Waals surface area contributed by atoms with E-state index < -0.39 is 7.12 Å². The van der Waals surface area contributed by atoms with Crippen LogP contribution in [0.3, 0.4) is 0 Å². The smallest absolute Gasteiger partial charge is 0.423 e. The molecule has 0 fully saturated rings. The van der Waals surface area contributed by atoms with Crippen molar-refractivity contribution in [2.75, 3.05) is 10.6 Å².